The van der Waals surface area contributed by atoms with Gasteiger partial charge in [0, 0.05) is 24.5 Å². The molecule has 0 saturated heterocycles. The Kier molecular flexibility index (Phi) is 6.60. The molecule has 5 nitrogen and oxygen atoms in total. The molecular weight excluding hydrogens is 384 g/mol. The highest BCUT2D eigenvalue weighted by Gasteiger charge is 2.20. The Hall–Kier alpha value is -2.79. The van der Waals surface area contributed by atoms with E-state index >= 15 is 0 Å². The molecule has 3 rings (SSSR count). The summed E-state index contributed by atoms with van der Waals surface area (Å²) in [5, 5.41) is 7.75. The molecule has 0 aliphatic rings. The van der Waals surface area contributed by atoms with Crippen LogP contribution in [0.3, 0.4) is 0 Å². The molecule has 1 N–H and O–H groups in total. The van der Waals surface area contributed by atoms with Crippen molar-refractivity contribution < 1.29 is 4.79 Å². The summed E-state index contributed by atoms with van der Waals surface area (Å²) in [6.45, 7) is 10.5. The third kappa shape index (κ3) is 4.80. The number of rotatable bonds is 7. The van der Waals surface area contributed by atoms with Crippen molar-refractivity contribution in [1.82, 2.24) is 9.78 Å². The molecule has 0 spiro atoms. The van der Waals surface area contributed by atoms with Crippen LogP contribution >= 0.6 is 11.6 Å². The molecule has 6 heteroatoms. The van der Waals surface area contributed by atoms with Crippen LogP contribution in [-0.4, -0.2) is 28.8 Å². The van der Waals surface area contributed by atoms with Gasteiger partial charge in [-0.1, -0.05) is 41.4 Å². The van der Waals surface area contributed by atoms with Gasteiger partial charge in [0.1, 0.15) is 5.15 Å². The number of nitrogens with zero attached hydrogens (tertiary/aromatic N) is 3. The fourth-order valence-corrected chi connectivity index (χ4v) is 3.64. The Bertz CT molecular complexity index is 973. The Morgan fingerprint density at radius 1 is 1.03 bits per heavy atom. The number of anilines is 2. The number of amides is 1. The normalized spacial score (nSPS) is 10.8. The van der Waals surface area contributed by atoms with E-state index < -0.39 is 0 Å². The van der Waals surface area contributed by atoms with Crippen molar-refractivity contribution in [2.75, 3.05) is 23.3 Å². The second kappa shape index (κ2) is 9.14. The molecule has 3 aromatic rings. The average Bonchev–Trinajstić information content (AvgIpc) is 2.99. The van der Waals surface area contributed by atoms with Crippen LogP contribution in [-0.2, 0) is 6.54 Å². The number of nitrogens with one attached hydrogen (secondary N) is 1. The fraction of sp³-hybridized carbons (Fsp3) is 0.304. The van der Waals surface area contributed by atoms with Crippen LogP contribution in [0.25, 0.3) is 0 Å². The van der Waals surface area contributed by atoms with Crippen molar-refractivity contribution in [1.29, 1.82) is 0 Å². The van der Waals surface area contributed by atoms with Crippen LogP contribution in [0.15, 0.2) is 48.5 Å². The van der Waals surface area contributed by atoms with Crippen LogP contribution in [0, 0.1) is 13.8 Å². The molecule has 1 heterocycles. The average molecular weight is 411 g/mol. The van der Waals surface area contributed by atoms with Crippen LogP contribution in [0.2, 0.25) is 5.15 Å². The lowest BCUT2D eigenvalue weighted by atomic mass is 10.1. The highest BCUT2D eigenvalue weighted by atomic mass is 35.5. The van der Waals surface area contributed by atoms with Gasteiger partial charge in [-0.2, -0.15) is 5.10 Å². The number of hydrogen-bond acceptors (Lipinski definition) is 3. The topological polar surface area (TPSA) is 50.2 Å². The van der Waals surface area contributed by atoms with E-state index in [0.717, 1.165) is 30.0 Å². The molecule has 29 heavy (non-hydrogen) atoms. The first kappa shape index (κ1) is 20.9. The predicted molar refractivity (Wildman–Crippen MR) is 120 cm³/mol. The van der Waals surface area contributed by atoms with Crippen molar-refractivity contribution in [2.24, 2.45) is 0 Å². The number of aromatic nitrogens is 2. The Morgan fingerprint density at radius 2 is 1.66 bits per heavy atom. The van der Waals surface area contributed by atoms with Crippen molar-refractivity contribution in [2.45, 2.75) is 34.2 Å². The Balaban J connectivity index is 1.75. The molecule has 1 amide bonds. The zero-order valence-corrected chi connectivity index (χ0v) is 18.1. The van der Waals surface area contributed by atoms with Gasteiger partial charge in [-0.15, -0.1) is 0 Å². The fourth-order valence-electron chi connectivity index (χ4n) is 3.32. The summed E-state index contributed by atoms with van der Waals surface area (Å²) in [7, 11) is 0. The van der Waals surface area contributed by atoms with Gasteiger partial charge in [0.15, 0.2) is 0 Å². The van der Waals surface area contributed by atoms with E-state index in [1.54, 1.807) is 11.6 Å². The second-order valence-corrected chi connectivity index (χ2v) is 7.43. The van der Waals surface area contributed by atoms with E-state index in [9.17, 15) is 4.79 Å². The van der Waals surface area contributed by atoms with Gasteiger partial charge in [-0.05, 0) is 57.5 Å². The van der Waals surface area contributed by atoms with Crippen molar-refractivity contribution in [3.63, 3.8) is 0 Å². The molecule has 0 unspecified atom stereocenters. The zero-order valence-electron chi connectivity index (χ0n) is 17.4. The van der Waals surface area contributed by atoms with Gasteiger partial charge in [0.05, 0.1) is 17.8 Å². The minimum Gasteiger partial charge on any atom is -0.372 e. The van der Waals surface area contributed by atoms with Gasteiger partial charge in [-0.3, -0.25) is 4.79 Å². The predicted octanol–water partition coefficient (Wildman–Crippen LogP) is 5.30. The lowest BCUT2D eigenvalue weighted by Gasteiger charge is -2.21. The maximum absolute atomic E-state index is 12.8. The molecule has 0 saturated carbocycles. The highest BCUT2D eigenvalue weighted by molar-refractivity contribution is 6.33. The van der Waals surface area contributed by atoms with Crippen molar-refractivity contribution in [3.05, 3.63) is 76.1 Å². The lowest BCUT2D eigenvalue weighted by Crippen LogP contribution is -2.21. The SMILES string of the molecule is CCN(CC)c1ccc(NC(=O)c2c(C)nn(Cc3ccc(C)cc3)c2Cl)cc1. The van der Waals surface area contributed by atoms with Gasteiger partial charge in [-0.25, -0.2) is 4.68 Å². The smallest absolute Gasteiger partial charge is 0.260 e. The molecule has 0 radical (unpaired) electrons. The molecule has 152 valence electrons. The third-order valence-corrected chi connectivity index (χ3v) is 5.38. The molecule has 2 aromatic carbocycles. The standard InChI is InChI=1S/C23H27ClN4O/c1-5-27(6-2)20-13-11-19(12-14-20)25-23(29)21-17(4)26-28(22(21)24)15-18-9-7-16(3)8-10-18/h7-14H,5-6,15H2,1-4H3,(H,25,29). The quantitative estimate of drug-likeness (QED) is 0.575. The van der Waals surface area contributed by atoms with Gasteiger partial charge in [0.25, 0.3) is 5.91 Å². The Morgan fingerprint density at radius 3 is 2.24 bits per heavy atom. The minimum absolute atomic E-state index is 0.252. The first-order valence-corrected chi connectivity index (χ1v) is 10.3. The van der Waals surface area contributed by atoms with Gasteiger partial charge < -0.3 is 10.2 Å². The first-order chi connectivity index (χ1) is 13.9. The van der Waals surface area contributed by atoms with E-state index in [2.05, 4.69) is 41.3 Å². The molecule has 0 aliphatic heterocycles. The van der Waals surface area contributed by atoms with E-state index in [-0.39, 0.29) is 5.91 Å². The number of hydrogen-bond donors (Lipinski definition) is 1. The largest absolute Gasteiger partial charge is 0.372 e. The molecule has 1 aromatic heterocycles. The van der Waals surface area contributed by atoms with Crippen molar-refractivity contribution in [3.8, 4) is 0 Å². The minimum atomic E-state index is -0.252. The summed E-state index contributed by atoms with van der Waals surface area (Å²) in [5.41, 5.74) is 5.16. The third-order valence-electron chi connectivity index (χ3n) is 5.00. The number of aryl methyl sites for hydroxylation is 2. The van der Waals surface area contributed by atoms with Crippen LogP contribution in [0.4, 0.5) is 11.4 Å². The summed E-state index contributed by atoms with van der Waals surface area (Å²) >= 11 is 6.51. The summed E-state index contributed by atoms with van der Waals surface area (Å²) in [6, 6.07) is 16.0. The molecular formula is C23H27ClN4O. The second-order valence-electron chi connectivity index (χ2n) is 7.07. The summed E-state index contributed by atoms with van der Waals surface area (Å²) in [4.78, 5) is 15.1. The Labute approximate surface area is 177 Å². The first-order valence-electron chi connectivity index (χ1n) is 9.87. The van der Waals surface area contributed by atoms with E-state index in [0.29, 0.717) is 23.0 Å². The lowest BCUT2D eigenvalue weighted by molar-refractivity contribution is 0.102. The monoisotopic (exact) mass is 410 g/mol. The summed E-state index contributed by atoms with van der Waals surface area (Å²) in [6.07, 6.45) is 0. The zero-order chi connectivity index (χ0) is 21.0. The van der Waals surface area contributed by atoms with Crippen LogP contribution in [0.5, 0.6) is 0 Å². The molecule has 0 aliphatic carbocycles. The van der Waals surface area contributed by atoms with Crippen LogP contribution in [0.1, 0.15) is 41.0 Å². The number of halogens is 1. The number of carbonyl (C=O) groups is 1. The van der Waals surface area contributed by atoms with Gasteiger partial charge in [0.2, 0.25) is 0 Å². The molecule has 0 fully saturated rings. The van der Waals surface area contributed by atoms with E-state index in [4.69, 9.17) is 11.6 Å². The van der Waals surface area contributed by atoms with E-state index in [1.165, 1.54) is 5.56 Å². The van der Waals surface area contributed by atoms with Crippen LogP contribution < -0.4 is 10.2 Å². The molecule has 0 atom stereocenters. The van der Waals surface area contributed by atoms with E-state index in [1.807, 2.05) is 43.3 Å². The highest BCUT2D eigenvalue weighted by Crippen LogP contribution is 2.23. The summed E-state index contributed by atoms with van der Waals surface area (Å²) < 4.78 is 1.67. The van der Waals surface area contributed by atoms with Crippen molar-refractivity contribution >= 4 is 28.9 Å². The summed E-state index contributed by atoms with van der Waals surface area (Å²) in [5.74, 6) is -0.252. The number of benzene rings is 2. The maximum atomic E-state index is 12.8. The maximum Gasteiger partial charge on any atom is 0.260 e. The van der Waals surface area contributed by atoms with Gasteiger partial charge >= 0.3 is 0 Å². The molecule has 0 bridgehead atoms. The number of carbonyl (C=O) groups excluding carboxylic acids is 1.